The molecule has 1 fully saturated rings. The van der Waals surface area contributed by atoms with Gasteiger partial charge in [0.15, 0.2) is 0 Å². The zero-order valence-electron chi connectivity index (χ0n) is 19.1. The molecular weight excluding hydrogens is 438 g/mol. The lowest BCUT2D eigenvalue weighted by molar-refractivity contribution is -0.121. The van der Waals surface area contributed by atoms with Crippen molar-refractivity contribution in [1.82, 2.24) is 20.2 Å². The molecule has 1 aromatic carbocycles. The van der Waals surface area contributed by atoms with E-state index in [1.54, 1.807) is 12.4 Å². The van der Waals surface area contributed by atoms with Gasteiger partial charge in [-0.3, -0.25) is 24.9 Å². The molecule has 0 saturated carbocycles. The number of pyridine rings is 1. The number of halogens is 1. The van der Waals surface area contributed by atoms with E-state index in [4.69, 9.17) is 11.6 Å². The third kappa shape index (κ3) is 5.85. The molecule has 33 heavy (non-hydrogen) atoms. The number of carbonyl (C=O) groups is 1. The van der Waals surface area contributed by atoms with Crippen LogP contribution in [0.15, 0.2) is 48.9 Å². The average Bonchev–Trinajstić information content (AvgIpc) is 3.25. The van der Waals surface area contributed by atoms with Crippen LogP contribution in [0, 0.1) is 0 Å². The fourth-order valence-electron chi connectivity index (χ4n) is 4.62. The fourth-order valence-corrected chi connectivity index (χ4v) is 4.75. The van der Waals surface area contributed by atoms with Crippen LogP contribution in [0.2, 0.25) is 5.02 Å². The number of nitrogens with one attached hydrogen (secondary N) is 1. The minimum Gasteiger partial charge on any atom is -0.355 e. The Labute approximate surface area is 200 Å². The van der Waals surface area contributed by atoms with Crippen molar-refractivity contribution in [3.8, 4) is 0 Å². The van der Waals surface area contributed by atoms with Gasteiger partial charge in [-0.1, -0.05) is 30.7 Å². The summed E-state index contributed by atoms with van der Waals surface area (Å²) in [5.74, 6) is 0.115. The lowest BCUT2D eigenvalue weighted by Crippen LogP contribution is -2.48. The number of nitrogens with zero attached hydrogens (tertiary/aromatic N) is 4. The van der Waals surface area contributed by atoms with Crippen LogP contribution in [0.3, 0.4) is 0 Å². The van der Waals surface area contributed by atoms with Gasteiger partial charge in [-0.2, -0.15) is 5.17 Å². The number of hydrazine groups is 1. The lowest BCUT2D eigenvalue weighted by atomic mass is 9.97. The highest BCUT2D eigenvalue weighted by Crippen LogP contribution is 2.34. The Morgan fingerprint density at radius 2 is 2.09 bits per heavy atom. The number of carbonyl (C=O) groups excluding carboxylic acids is 1. The zero-order chi connectivity index (χ0) is 23.2. The summed E-state index contributed by atoms with van der Waals surface area (Å²) in [6.45, 7) is 5.16. The molecule has 1 aromatic heterocycles. The second-order valence-corrected chi connectivity index (χ2v) is 9.13. The number of fused-ring (bicyclic) bond motifs is 1. The van der Waals surface area contributed by atoms with Crippen LogP contribution < -0.4 is 10.5 Å². The summed E-state index contributed by atoms with van der Waals surface area (Å²) in [6.07, 6.45) is 9.84. The fraction of sp³-hybridized carbons (Fsp3) is 0.440. The van der Waals surface area contributed by atoms with Gasteiger partial charge in [-0.15, -0.1) is 0 Å². The van der Waals surface area contributed by atoms with Gasteiger partial charge in [0.2, 0.25) is 5.91 Å². The molecular formula is C25H32ClN5O2. The summed E-state index contributed by atoms with van der Waals surface area (Å²) in [6, 6.07) is 10.1. The van der Waals surface area contributed by atoms with Gasteiger partial charge in [0.25, 0.3) is 0 Å². The van der Waals surface area contributed by atoms with Crippen LogP contribution in [0.1, 0.15) is 43.7 Å². The van der Waals surface area contributed by atoms with Crippen molar-refractivity contribution in [2.45, 2.75) is 45.1 Å². The molecule has 0 unspecified atom stereocenters. The van der Waals surface area contributed by atoms with E-state index < -0.39 is 0 Å². The highest BCUT2D eigenvalue weighted by atomic mass is 35.5. The van der Waals surface area contributed by atoms with E-state index in [1.165, 1.54) is 5.17 Å². The number of hydrogen-bond acceptors (Lipinski definition) is 6. The first-order valence-electron chi connectivity index (χ1n) is 11.7. The molecule has 2 aliphatic rings. The summed E-state index contributed by atoms with van der Waals surface area (Å²) in [4.78, 5) is 18.4. The number of benzene rings is 1. The SMILES string of the molecule is CCCC(=O)NCCN1CCC[C@@H]1CN1C=C(Cc2ccc(Cl)cc2)c2ccncc2N1O. The molecule has 0 bridgehead atoms. The predicted molar refractivity (Wildman–Crippen MR) is 131 cm³/mol. The molecule has 2 N–H and O–H groups in total. The number of hydrogen-bond donors (Lipinski definition) is 2. The molecule has 2 aliphatic heterocycles. The highest BCUT2D eigenvalue weighted by Gasteiger charge is 2.30. The zero-order valence-corrected chi connectivity index (χ0v) is 19.8. The second-order valence-electron chi connectivity index (χ2n) is 8.69. The van der Waals surface area contributed by atoms with Crippen LogP contribution in [0.4, 0.5) is 5.69 Å². The molecule has 1 amide bonds. The maximum absolute atomic E-state index is 11.8. The Bertz CT molecular complexity index is 981. The molecule has 2 aromatic rings. The summed E-state index contributed by atoms with van der Waals surface area (Å²) in [5, 5.41) is 17.8. The van der Waals surface area contributed by atoms with Crippen LogP contribution in [0.25, 0.3) is 5.57 Å². The van der Waals surface area contributed by atoms with Crippen LogP contribution in [0.5, 0.6) is 0 Å². The quantitative estimate of drug-likeness (QED) is 0.575. The molecule has 4 rings (SSSR count). The number of anilines is 1. The van der Waals surface area contributed by atoms with Gasteiger partial charge >= 0.3 is 0 Å². The van der Waals surface area contributed by atoms with E-state index in [2.05, 4.69) is 15.2 Å². The average molecular weight is 470 g/mol. The third-order valence-electron chi connectivity index (χ3n) is 6.31. The maximum atomic E-state index is 11.8. The monoisotopic (exact) mass is 469 g/mol. The van der Waals surface area contributed by atoms with Gasteiger partial charge in [0.1, 0.15) is 5.69 Å². The van der Waals surface area contributed by atoms with Gasteiger partial charge in [0, 0.05) is 48.5 Å². The summed E-state index contributed by atoms with van der Waals surface area (Å²) in [5.41, 5.74) is 3.93. The number of aromatic nitrogens is 1. The first-order valence-corrected chi connectivity index (χ1v) is 12.1. The van der Waals surface area contributed by atoms with Gasteiger partial charge in [0.05, 0.1) is 12.7 Å². The highest BCUT2D eigenvalue weighted by molar-refractivity contribution is 6.30. The Morgan fingerprint density at radius 3 is 2.88 bits per heavy atom. The Balaban J connectivity index is 1.47. The van der Waals surface area contributed by atoms with Crippen LogP contribution >= 0.6 is 11.6 Å². The predicted octanol–water partition coefficient (Wildman–Crippen LogP) is 4.13. The van der Waals surface area contributed by atoms with Crippen LogP contribution in [-0.2, 0) is 11.2 Å². The van der Waals surface area contributed by atoms with Gasteiger partial charge < -0.3 is 5.32 Å². The maximum Gasteiger partial charge on any atom is 0.220 e. The second kappa shape index (κ2) is 11.0. The van der Waals surface area contributed by atoms with Crippen molar-refractivity contribution in [2.24, 2.45) is 0 Å². The first-order chi connectivity index (χ1) is 16.0. The molecule has 7 nitrogen and oxygen atoms in total. The van der Waals surface area contributed by atoms with E-state index in [9.17, 15) is 10.0 Å². The number of allylic oxidation sites excluding steroid dienone is 1. The number of likely N-dealkylation sites (tertiary alicyclic amines) is 1. The Morgan fingerprint density at radius 1 is 1.27 bits per heavy atom. The summed E-state index contributed by atoms with van der Waals surface area (Å²) in [7, 11) is 0. The van der Waals surface area contributed by atoms with Crippen molar-refractivity contribution in [1.29, 1.82) is 0 Å². The molecule has 0 spiro atoms. The summed E-state index contributed by atoms with van der Waals surface area (Å²) >= 11 is 6.06. The molecule has 176 valence electrons. The van der Waals surface area contributed by atoms with Gasteiger partial charge in [-0.05, 0) is 61.6 Å². The van der Waals surface area contributed by atoms with E-state index >= 15 is 0 Å². The number of rotatable bonds is 9. The van der Waals surface area contributed by atoms with Crippen molar-refractivity contribution in [3.63, 3.8) is 0 Å². The topological polar surface area (TPSA) is 71.9 Å². The largest absolute Gasteiger partial charge is 0.355 e. The normalized spacial score (nSPS) is 18.3. The molecule has 1 saturated heterocycles. The number of amides is 1. The van der Waals surface area contributed by atoms with Crippen molar-refractivity contribution >= 4 is 28.8 Å². The first kappa shape index (κ1) is 23.5. The summed E-state index contributed by atoms with van der Waals surface area (Å²) < 4.78 is 0. The standard InChI is InChI=1S/C25H32ClN5O2/c1-2-4-25(32)28-12-14-29-13-3-5-22(29)18-30-17-20(15-19-6-8-21(26)9-7-19)23-10-11-27-16-24(23)31(30)33/h6-11,16-17,22,33H,2-5,12-15,18H2,1H3,(H,28,32)/t22-/m1/s1. The molecule has 8 heteroatoms. The van der Waals surface area contributed by atoms with E-state index in [1.807, 2.05) is 48.5 Å². The van der Waals surface area contributed by atoms with E-state index in [-0.39, 0.29) is 5.91 Å². The molecule has 1 atom stereocenters. The van der Waals surface area contributed by atoms with Crippen molar-refractivity contribution in [3.05, 3.63) is 65.1 Å². The van der Waals surface area contributed by atoms with E-state index in [0.29, 0.717) is 31.2 Å². The van der Waals surface area contributed by atoms with Crippen LogP contribution in [-0.4, -0.2) is 58.2 Å². The minimum absolute atomic E-state index is 0.115. The molecule has 0 radical (unpaired) electrons. The van der Waals surface area contributed by atoms with Gasteiger partial charge in [-0.25, -0.2) is 0 Å². The lowest BCUT2D eigenvalue weighted by Gasteiger charge is -2.39. The molecule has 3 heterocycles. The third-order valence-corrected chi connectivity index (χ3v) is 6.56. The Hall–Kier alpha value is -2.61. The van der Waals surface area contributed by atoms with Crippen molar-refractivity contribution in [2.75, 3.05) is 31.4 Å². The Kier molecular flexibility index (Phi) is 7.85. The van der Waals surface area contributed by atoms with E-state index in [0.717, 1.165) is 60.5 Å². The molecule has 0 aliphatic carbocycles. The smallest absolute Gasteiger partial charge is 0.220 e. The minimum atomic E-state index is 0.115. The van der Waals surface area contributed by atoms with Crippen molar-refractivity contribution < 1.29 is 10.0 Å².